The van der Waals surface area contributed by atoms with Gasteiger partial charge in [-0.3, -0.25) is 4.79 Å². The third-order valence-corrected chi connectivity index (χ3v) is 5.84. The Morgan fingerprint density at radius 1 is 1.03 bits per heavy atom. The number of likely N-dealkylation sites (tertiary alicyclic amines) is 1. The van der Waals surface area contributed by atoms with Crippen LogP contribution in [0.3, 0.4) is 0 Å². The number of piperidine rings is 1. The summed E-state index contributed by atoms with van der Waals surface area (Å²) in [5, 5.41) is 0. The zero-order valence-electron chi connectivity index (χ0n) is 16.5. The standard InChI is InChI=1S/C24H24N4O/c1-17-4-9-21-22(16-17)26-23(25-21)18-10-14-28(15-11-18)24(29)19-5-7-20(8-6-19)27-12-2-3-13-27/h2-9,12-13,16,18H,10-11,14-15H2,1H3,(H,25,26). The van der Waals surface area contributed by atoms with Gasteiger partial charge in [0.05, 0.1) is 11.0 Å². The molecule has 0 bridgehead atoms. The van der Waals surface area contributed by atoms with Crippen LogP contribution in [0.15, 0.2) is 67.0 Å². The summed E-state index contributed by atoms with van der Waals surface area (Å²) >= 11 is 0. The number of aromatic amines is 1. The first-order valence-electron chi connectivity index (χ1n) is 10.2. The highest BCUT2D eigenvalue weighted by Crippen LogP contribution is 2.28. The second kappa shape index (κ2) is 7.24. The maximum Gasteiger partial charge on any atom is 0.253 e. The molecule has 0 aliphatic carbocycles. The van der Waals surface area contributed by atoms with E-state index in [9.17, 15) is 4.79 Å². The second-order valence-electron chi connectivity index (χ2n) is 7.85. The number of carbonyl (C=O) groups is 1. The summed E-state index contributed by atoms with van der Waals surface area (Å²) in [5.74, 6) is 1.54. The van der Waals surface area contributed by atoms with Crippen LogP contribution in [0.5, 0.6) is 0 Å². The molecule has 2 aromatic heterocycles. The topological polar surface area (TPSA) is 53.9 Å². The van der Waals surface area contributed by atoms with Gasteiger partial charge in [0.25, 0.3) is 5.91 Å². The van der Waals surface area contributed by atoms with Crippen molar-refractivity contribution < 1.29 is 4.79 Å². The third-order valence-electron chi connectivity index (χ3n) is 5.84. The molecule has 5 rings (SSSR count). The van der Waals surface area contributed by atoms with Gasteiger partial charge in [-0.15, -0.1) is 0 Å². The number of hydrogen-bond donors (Lipinski definition) is 1. The Labute approximate surface area is 170 Å². The number of nitrogens with one attached hydrogen (secondary N) is 1. The summed E-state index contributed by atoms with van der Waals surface area (Å²) in [4.78, 5) is 23.1. The molecule has 0 radical (unpaired) electrons. The van der Waals surface area contributed by atoms with E-state index in [2.05, 4.69) is 30.1 Å². The van der Waals surface area contributed by atoms with Gasteiger partial charge < -0.3 is 14.5 Å². The molecule has 0 spiro atoms. The van der Waals surface area contributed by atoms with Gasteiger partial charge in [-0.05, 0) is 73.9 Å². The monoisotopic (exact) mass is 384 g/mol. The van der Waals surface area contributed by atoms with Gasteiger partial charge in [0, 0.05) is 42.7 Å². The Morgan fingerprint density at radius 3 is 2.48 bits per heavy atom. The van der Waals surface area contributed by atoms with Gasteiger partial charge in [-0.25, -0.2) is 4.98 Å². The number of rotatable bonds is 3. The molecule has 1 fully saturated rings. The molecule has 4 aromatic rings. The van der Waals surface area contributed by atoms with Crippen LogP contribution >= 0.6 is 0 Å². The average molecular weight is 384 g/mol. The summed E-state index contributed by atoms with van der Waals surface area (Å²) in [6, 6.07) is 18.1. The fourth-order valence-corrected chi connectivity index (χ4v) is 4.16. The molecule has 3 heterocycles. The van der Waals surface area contributed by atoms with E-state index in [1.807, 2.05) is 58.3 Å². The summed E-state index contributed by atoms with van der Waals surface area (Å²) in [6.07, 6.45) is 5.87. The van der Waals surface area contributed by atoms with Crippen molar-refractivity contribution in [1.29, 1.82) is 0 Å². The molecule has 1 amide bonds. The molecule has 1 N–H and O–H groups in total. The van der Waals surface area contributed by atoms with Crippen LogP contribution in [0.25, 0.3) is 16.7 Å². The van der Waals surface area contributed by atoms with Gasteiger partial charge in [-0.2, -0.15) is 0 Å². The highest BCUT2D eigenvalue weighted by atomic mass is 16.2. The third kappa shape index (κ3) is 3.44. The lowest BCUT2D eigenvalue weighted by atomic mass is 9.95. The maximum atomic E-state index is 12.9. The Kier molecular flexibility index (Phi) is 4.43. The average Bonchev–Trinajstić information content (AvgIpc) is 3.43. The fourth-order valence-electron chi connectivity index (χ4n) is 4.16. The van der Waals surface area contributed by atoms with E-state index in [1.165, 1.54) is 5.56 Å². The van der Waals surface area contributed by atoms with Crippen molar-refractivity contribution in [3.05, 3.63) is 83.9 Å². The van der Waals surface area contributed by atoms with E-state index < -0.39 is 0 Å². The van der Waals surface area contributed by atoms with Crippen LogP contribution in [0, 0.1) is 6.92 Å². The Hall–Kier alpha value is -3.34. The molecule has 1 saturated heterocycles. The SMILES string of the molecule is Cc1ccc2nc(C3CCN(C(=O)c4ccc(-n5cccc5)cc4)CC3)[nH]c2c1. The molecule has 5 nitrogen and oxygen atoms in total. The second-order valence-corrected chi connectivity index (χ2v) is 7.85. The van der Waals surface area contributed by atoms with Crippen molar-refractivity contribution in [1.82, 2.24) is 19.4 Å². The first-order valence-corrected chi connectivity index (χ1v) is 10.2. The van der Waals surface area contributed by atoms with Crippen LogP contribution in [-0.4, -0.2) is 38.4 Å². The minimum Gasteiger partial charge on any atom is -0.342 e. The zero-order chi connectivity index (χ0) is 19.8. The van der Waals surface area contributed by atoms with E-state index in [-0.39, 0.29) is 5.91 Å². The number of carbonyl (C=O) groups excluding carboxylic acids is 1. The summed E-state index contributed by atoms with van der Waals surface area (Å²) in [5.41, 5.74) is 5.16. The molecule has 1 aliphatic heterocycles. The quantitative estimate of drug-likeness (QED) is 0.557. The van der Waals surface area contributed by atoms with Gasteiger partial charge in [0.1, 0.15) is 5.82 Å². The highest BCUT2D eigenvalue weighted by molar-refractivity contribution is 5.94. The number of nitrogens with zero attached hydrogens (tertiary/aromatic N) is 3. The number of aromatic nitrogens is 3. The number of fused-ring (bicyclic) bond motifs is 1. The van der Waals surface area contributed by atoms with Gasteiger partial charge >= 0.3 is 0 Å². The molecular formula is C24H24N4O. The normalized spacial score (nSPS) is 15.1. The van der Waals surface area contributed by atoms with Crippen molar-refractivity contribution in [2.75, 3.05) is 13.1 Å². The van der Waals surface area contributed by atoms with Crippen LogP contribution < -0.4 is 0 Å². The molecule has 146 valence electrons. The fraction of sp³-hybridized carbons (Fsp3) is 0.250. The smallest absolute Gasteiger partial charge is 0.253 e. The van der Waals surface area contributed by atoms with Crippen molar-refractivity contribution in [3.8, 4) is 5.69 Å². The van der Waals surface area contributed by atoms with Gasteiger partial charge in [-0.1, -0.05) is 6.07 Å². The predicted octanol–water partition coefficient (Wildman–Crippen LogP) is 4.68. The maximum absolute atomic E-state index is 12.9. The summed E-state index contributed by atoms with van der Waals surface area (Å²) in [6.45, 7) is 3.62. The zero-order valence-corrected chi connectivity index (χ0v) is 16.5. The lowest BCUT2D eigenvalue weighted by Crippen LogP contribution is -2.38. The summed E-state index contributed by atoms with van der Waals surface area (Å²) in [7, 11) is 0. The van der Waals surface area contributed by atoms with E-state index in [0.29, 0.717) is 5.92 Å². The number of H-pyrrole nitrogens is 1. The molecule has 0 atom stereocenters. The Morgan fingerprint density at radius 2 is 1.76 bits per heavy atom. The van der Waals surface area contributed by atoms with E-state index in [0.717, 1.165) is 54.0 Å². The number of imidazole rings is 1. The number of benzene rings is 2. The van der Waals surface area contributed by atoms with E-state index >= 15 is 0 Å². The molecule has 2 aromatic carbocycles. The van der Waals surface area contributed by atoms with Gasteiger partial charge in [0.15, 0.2) is 0 Å². The first kappa shape index (κ1) is 17.7. The number of amides is 1. The van der Waals surface area contributed by atoms with Crippen molar-refractivity contribution >= 4 is 16.9 Å². The lowest BCUT2D eigenvalue weighted by molar-refractivity contribution is 0.0711. The van der Waals surface area contributed by atoms with Crippen molar-refractivity contribution in [2.24, 2.45) is 0 Å². The largest absolute Gasteiger partial charge is 0.342 e. The molecule has 29 heavy (non-hydrogen) atoms. The van der Waals surface area contributed by atoms with Crippen LogP contribution in [0.2, 0.25) is 0 Å². The van der Waals surface area contributed by atoms with Crippen LogP contribution in [0.1, 0.15) is 40.5 Å². The first-order chi connectivity index (χ1) is 14.2. The van der Waals surface area contributed by atoms with Gasteiger partial charge in [0.2, 0.25) is 0 Å². The van der Waals surface area contributed by atoms with Crippen LogP contribution in [0.4, 0.5) is 0 Å². The van der Waals surface area contributed by atoms with E-state index in [1.54, 1.807) is 0 Å². The molecule has 0 saturated carbocycles. The minimum atomic E-state index is 0.114. The Bertz CT molecular complexity index is 1130. The molecule has 1 aliphatic rings. The molecule has 5 heteroatoms. The number of aryl methyl sites for hydroxylation is 1. The summed E-state index contributed by atoms with van der Waals surface area (Å²) < 4.78 is 2.04. The lowest BCUT2D eigenvalue weighted by Gasteiger charge is -2.31. The van der Waals surface area contributed by atoms with Crippen molar-refractivity contribution in [3.63, 3.8) is 0 Å². The predicted molar refractivity (Wildman–Crippen MR) is 114 cm³/mol. The Balaban J connectivity index is 1.25. The van der Waals surface area contributed by atoms with Crippen molar-refractivity contribution in [2.45, 2.75) is 25.7 Å². The van der Waals surface area contributed by atoms with Crippen LogP contribution in [-0.2, 0) is 0 Å². The molecule has 0 unspecified atom stereocenters. The minimum absolute atomic E-state index is 0.114. The molecular weight excluding hydrogens is 360 g/mol. The highest BCUT2D eigenvalue weighted by Gasteiger charge is 2.26. The van der Waals surface area contributed by atoms with E-state index in [4.69, 9.17) is 4.98 Å². The number of hydrogen-bond acceptors (Lipinski definition) is 2.